The van der Waals surface area contributed by atoms with E-state index in [1.807, 2.05) is 12.1 Å². The number of para-hydroxylation sites is 1. The Morgan fingerprint density at radius 2 is 2.00 bits per heavy atom. The number of rotatable bonds is 6. The van der Waals surface area contributed by atoms with Crippen LogP contribution in [0.2, 0.25) is 0 Å². The van der Waals surface area contributed by atoms with Crippen molar-refractivity contribution in [2.45, 2.75) is 19.9 Å². The Kier molecular flexibility index (Phi) is 4.93. The molecule has 4 rings (SSSR count). The Bertz CT molecular complexity index is 1170. The maximum Gasteiger partial charge on any atom is 0.276 e. The molecule has 7 nitrogen and oxygen atoms in total. The molecule has 0 saturated heterocycles. The van der Waals surface area contributed by atoms with Crippen molar-refractivity contribution in [1.29, 1.82) is 0 Å². The highest BCUT2D eigenvalue weighted by molar-refractivity contribution is 7.14. The maximum absolute atomic E-state index is 12.5. The summed E-state index contributed by atoms with van der Waals surface area (Å²) >= 11 is 2.68. The van der Waals surface area contributed by atoms with E-state index in [4.69, 9.17) is 5.73 Å². The normalized spacial score (nSPS) is 11.0. The van der Waals surface area contributed by atoms with E-state index in [0.29, 0.717) is 16.5 Å². The van der Waals surface area contributed by atoms with Crippen LogP contribution in [0, 0.1) is 0 Å². The Balaban J connectivity index is 1.57. The molecule has 142 valence electrons. The first-order valence-electron chi connectivity index (χ1n) is 8.63. The van der Waals surface area contributed by atoms with Crippen LogP contribution in [-0.4, -0.2) is 26.3 Å². The molecule has 3 aromatic heterocycles. The van der Waals surface area contributed by atoms with Crippen LogP contribution in [0.4, 0.5) is 5.13 Å². The molecule has 0 aliphatic heterocycles. The molecule has 3 heterocycles. The van der Waals surface area contributed by atoms with Crippen LogP contribution in [0.15, 0.2) is 41.1 Å². The molecule has 28 heavy (non-hydrogen) atoms. The number of amides is 2. The fourth-order valence-corrected chi connectivity index (χ4v) is 4.54. The molecule has 1 aromatic carbocycles. The summed E-state index contributed by atoms with van der Waals surface area (Å²) in [6.07, 6.45) is 0.0504. The van der Waals surface area contributed by atoms with Gasteiger partial charge in [-0.1, -0.05) is 18.2 Å². The zero-order valence-electron chi connectivity index (χ0n) is 15.0. The summed E-state index contributed by atoms with van der Waals surface area (Å²) in [5.41, 5.74) is 8.17. The van der Waals surface area contributed by atoms with E-state index in [1.165, 1.54) is 22.7 Å². The van der Waals surface area contributed by atoms with E-state index in [-0.39, 0.29) is 12.3 Å². The van der Waals surface area contributed by atoms with Gasteiger partial charge in [0.15, 0.2) is 5.13 Å². The van der Waals surface area contributed by atoms with Crippen LogP contribution >= 0.6 is 22.7 Å². The topological polar surface area (TPSA) is 103 Å². The van der Waals surface area contributed by atoms with Gasteiger partial charge in [0.05, 0.1) is 17.8 Å². The van der Waals surface area contributed by atoms with Crippen LogP contribution in [0.5, 0.6) is 0 Å². The molecular weight excluding hydrogens is 394 g/mol. The van der Waals surface area contributed by atoms with Crippen LogP contribution in [0.1, 0.15) is 23.1 Å². The lowest BCUT2D eigenvalue weighted by molar-refractivity contribution is -0.117. The minimum atomic E-state index is -0.460. The second kappa shape index (κ2) is 7.53. The van der Waals surface area contributed by atoms with E-state index in [9.17, 15) is 9.59 Å². The van der Waals surface area contributed by atoms with Crippen molar-refractivity contribution in [3.05, 3.63) is 52.5 Å². The molecule has 9 heteroatoms. The zero-order chi connectivity index (χ0) is 19.7. The zero-order valence-corrected chi connectivity index (χ0v) is 16.6. The average Bonchev–Trinajstić information content (AvgIpc) is 3.38. The lowest BCUT2D eigenvalue weighted by Gasteiger charge is -2.05. The molecule has 0 aliphatic rings. The van der Waals surface area contributed by atoms with Gasteiger partial charge in [0.2, 0.25) is 5.91 Å². The Morgan fingerprint density at radius 3 is 2.79 bits per heavy atom. The summed E-state index contributed by atoms with van der Waals surface area (Å²) in [5.74, 6) is -0.791. The number of nitrogens with one attached hydrogen (secondary N) is 1. The number of carbonyl (C=O) groups excluding carboxylic acids is 2. The standard InChI is InChI=1S/C19H17N5O2S2/c1-2-24-14-6-4-3-5-11(14)7-15(24)18-22-13(10-27-18)17(26)23-19-21-12(9-28-19)8-16(20)25/h3-7,9-10H,2,8H2,1H3,(H2,20,25)(H,21,23,26). The molecule has 0 radical (unpaired) electrons. The molecule has 0 atom stereocenters. The van der Waals surface area contributed by atoms with Crippen molar-refractivity contribution in [2.75, 3.05) is 5.32 Å². The quantitative estimate of drug-likeness (QED) is 0.507. The van der Waals surface area contributed by atoms with Crippen molar-refractivity contribution in [3.8, 4) is 10.7 Å². The van der Waals surface area contributed by atoms with E-state index in [1.54, 1.807) is 10.8 Å². The summed E-state index contributed by atoms with van der Waals surface area (Å²) in [7, 11) is 0. The van der Waals surface area contributed by atoms with Gasteiger partial charge in [0.25, 0.3) is 5.91 Å². The number of aryl methyl sites for hydroxylation is 1. The largest absolute Gasteiger partial charge is 0.369 e. The molecule has 0 fully saturated rings. The highest BCUT2D eigenvalue weighted by atomic mass is 32.1. The lowest BCUT2D eigenvalue weighted by atomic mass is 10.2. The van der Waals surface area contributed by atoms with Gasteiger partial charge in [0.1, 0.15) is 10.7 Å². The Morgan fingerprint density at radius 1 is 1.18 bits per heavy atom. The summed E-state index contributed by atoms with van der Waals surface area (Å²) in [6.45, 7) is 2.90. The van der Waals surface area contributed by atoms with Crippen LogP contribution in [-0.2, 0) is 17.8 Å². The van der Waals surface area contributed by atoms with Gasteiger partial charge >= 0.3 is 0 Å². The molecule has 0 unspecified atom stereocenters. The summed E-state index contributed by atoms with van der Waals surface area (Å²) < 4.78 is 2.19. The third-order valence-electron chi connectivity index (χ3n) is 4.21. The van der Waals surface area contributed by atoms with Gasteiger partial charge in [-0.3, -0.25) is 14.9 Å². The smallest absolute Gasteiger partial charge is 0.276 e. The van der Waals surface area contributed by atoms with Gasteiger partial charge < -0.3 is 10.3 Å². The first-order valence-corrected chi connectivity index (χ1v) is 10.4. The van der Waals surface area contributed by atoms with Crippen molar-refractivity contribution < 1.29 is 9.59 Å². The molecule has 0 aliphatic carbocycles. The van der Waals surface area contributed by atoms with E-state index >= 15 is 0 Å². The molecule has 0 saturated carbocycles. The number of nitrogens with zero attached hydrogens (tertiary/aromatic N) is 3. The first kappa shape index (κ1) is 18.3. The van der Waals surface area contributed by atoms with Crippen LogP contribution in [0.3, 0.4) is 0 Å². The van der Waals surface area contributed by atoms with Crippen LogP contribution < -0.4 is 11.1 Å². The lowest BCUT2D eigenvalue weighted by Crippen LogP contribution is -2.14. The summed E-state index contributed by atoms with van der Waals surface area (Å²) in [4.78, 5) is 32.2. The molecule has 2 amide bonds. The van der Waals surface area contributed by atoms with Crippen molar-refractivity contribution in [2.24, 2.45) is 5.73 Å². The molecule has 0 spiro atoms. The molecule has 3 N–H and O–H groups in total. The van der Waals surface area contributed by atoms with Gasteiger partial charge in [-0.25, -0.2) is 9.97 Å². The molecule has 4 aromatic rings. The van der Waals surface area contributed by atoms with Crippen molar-refractivity contribution in [1.82, 2.24) is 14.5 Å². The number of aromatic nitrogens is 3. The minimum absolute atomic E-state index is 0.0504. The predicted molar refractivity (Wildman–Crippen MR) is 112 cm³/mol. The summed E-state index contributed by atoms with van der Waals surface area (Å²) in [5, 5.41) is 8.51. The number of anilines is 1. The first-order chi connectivity index (χ1) is 13.5. The fourth-order valence-electron chi connectivity index (χ4n) is 3.01. The maximum atomic E-state index is 12.5. The minimum Gasteiger partial charge on any atom is -0.369 e. The number of benzene rings is 1. The Hall–Kier alpha value is -3.04. The predicted octanol–water partition coefficient (Wildman–Crippen LogP) is 3.52. The number of fused-ring (bicyclic) bond motifs is 1. The fraction of sp³-hybridized carbons (Fsp3) is 0.158. The third-order valence-corrected chi connectivity index (χ3v) is 5.88. The average molecular weight is 412 g/mol. The highest BCUT2D eigenvalue weighted by Gasteiger charge is 2.17. The van der Waals surface area contributed by atoms with Gasteiger partial charge in [-0.15, -0.1) is 22.7 Å². The Labute approximate surface area is 168 Å². The third kappa shape index (κ3) is 3.54. The second-order valence-corrected chi connectivity index (χ2v) is 7.83. The van der Waals surface area contributed by atoms with E-state index < -0.39 is 5.91 Å². The van der Waals surface area contributed by atoms with Crippen molar-refractivity contribution in [3.63, 3.8) is 0 Å². The van der Waals surface area contributed by atoms with Gasteiger partial charge in [0, 0.05) is 28.2 Å². The van der Waals surface area contributed by atoms with Gasteiger partial charge in [-0.05, 0) is 19.1 Å². The highest BCUT2D eigenvalue weighted by Crippen LogP contribution is 2.30. The number of hydrogen-bond acceptors (Lipinski definition) is 6. The summed E-state index contributed by atoms with van der Waals surface area (Å²) in [6, 6.07) is 10.3. The van der Waals surface area contributed by atoms with E-state index in [2.05, 4.69) is 45.0 Å². The number of carbonyl (C=O) groups is 2. The number of primary amides is 1. The molecular formula is C19H17N5O2S2. The SMILES string of the molecule is CCn1c(-c2nc(C(=O)Nc3nc(CC(N)=O)cs3)cs2)cc2ccccc21. The monoisotopic (exact) mass is 411 g/mol. The van der Waals surface area contributed by atoms with E-state index in [0.717, 1.165) is 28.1 Å². The number of thiazole rings is 2. The number of hydrogen-bond donors (Lipinski definition) is 2. The van der Waals surface area contributed by atoms with Crippen LogP contribution in [0.25, 0.3) is 21.6 Å². The van der Waals surface area contributed by atoms with Crippen molar-refractivity contribution >= 4 is 50.5 Å². The number of nitrogens with two attached hydrogens (primary N) is 1. The molecule has 0 bridgehead atoms. The second-order valence-electron chi connectivity index (χ2n) is 6.11. The van der Waals surface area contributed by atoms with Gasteiger partial charge in [-0.2, -0.15) is 0 Å².